The number of nitrogens with one attached hydrogen (secondary N) is 2. The van der Waals surface area contributed by atoms with Crippen LogP contribution in [0.25, 0.3) is 0 Å². The van der Waals surface area contributed by atoms with Gasteiger partial charge in [0.1, 0.15) is 0 Å². The molecule has 1 amide bonds. The molecule has 1 aromatic carbocycles. The van der Waals surface area contributed by atoms with Gasteiger partial charge in [-0.1, -0.05) is 17.7 Å². The van der Waals surface area contributed by atoms with Gasteiger partial charge in [0.05, 0.1) is 4.90 Å². The highest BCUT2D eigenvalue weighted by molar-refractivity contribution is 7.89. The predicted molar refractivity (Wildman–Crippen MR) is 91.9 cm³/mol. The summed E-state index contributed by atoms with van der Waals surface area (Å²) in [6.07, 6.45) is 2.36. The summed E-state index contributed by atoms with van der Waals surface area (Å²) < 4.78 is 26.5. The van der Waals surface area contributed by atoms with Gasteiger partial charge in [0.25, 0.3) is 0 Å². The van der Waals surface area contributed by atoms with Gasteiger partial charge in [0, 0.05) is 25.6 Å². The van der Waals surface area contributed by atoms with Gasteiger partial charge in [0.15, 0.2) is 0 Å². The molecular formula is C15H24ClN3O3S. The first-order valence-electron chi connectivity index (χ1n) is 7.47. The Bertz CT molecular complexity index is 615. The van der Waals surface area contributed by atoms with Crippen molar-refractivity contribution in [2.75, 3.05) is 13.1 Å². The molecule has 1 fully saturated rings. The van der Waals surface area contributed by atoms with Crippen molar-refractivity contribution < 1.29 is 13.2 Å². The van der Waals surface area contributed by atoms with Crippen molar-refractivity contribution in [3.05, 3.63) is 29.8 Å². The predicted octanol–water partition coefficient (Wildman–Crippen LogP) is 0.939. The molecule has 4 N–H and O–H groups in total. The summed E-state index contributed by atoms with van der Waals surface area (Å²) >= 11 is 0. The van der Waals surface area contributed by atoms with Crippen LogP contribution in [-0.2, 0) is 14.8 Å². The van der Waals surface area contributed by atoms with Crippen molar-refractivity contribution in [2.45, 2.75) is 37.1 Å². The molecule has 1 atom stereocenters. The standard InChI is InChI=1S/C15H23N3O3S.ClH/c1-11-2-6-13(7-3-11)22(20,21)18-9-8-15(19)17-10-14(16)12-4-5-12;/h2-3,6-7,12,14,18H,4-5,8-10,16H2,1H3,(H,17,19);1H. The van der Waals surface area contributed by atoms with E-state index in [9.17, 15) is 13.2 Å². The first kappa shape index (κ1) is 19.9. The summed E-state index contributed by atoms with van der Waals surface area (Å²) in [5.74, 6) is 0.336. The van der Waals surface area contributed by atoms with Gasteiger partial charge in [-0.3, -0.25) is 4.79 Å². The molecule has 1 saturated carbocycles. The number of carbonyl (C=O) groups is 1. The first-order chi connectivity index (χ1) is 10.4. The molecule has 1 aliphatic rings. The molecule has 130 valence electrons. The summed E-state index contributed by atoms with van der Waals surface area (Å²) in [7, 11) is -3.56. The van der Waals surface area contributed by atoms with Crippen LogP contribution in [0.5, 0.6) is 0 Å². The molecule has 1 unspecified atom stereocenters. The number of hydrogen-bond acceptors (Lipinski definition) is 4. The van der Waals surface area contributed by atoms with Crippen LogP contribution in [-0.4, -0.2) is 33.5 Å². The third-order valence-corrected chi connectivity index (χ3v) is 5.21. The maximum atomic E-state index is 12.0. The minimum Gasteiger partial charge on any atom is -0.354 e. The van der Waals surface area contributed by atoms with Gasteiger partial charge in [-0.05, 0) is 37.8 Å². The maximum absolute atomic E-state index is 12.0. The Hall–Kier alpha value is -1.15. The summed E-state index contributed by atoms with van der Waals surface area (Å²) in [5.41, 5.74) is 6.88. The number of nitrogens with two attached hydrogens (primary N) is 1. The fourth-order valence-corrected chi connectivity index (χ4v) is 3.14. The van der Waals surface area contributed by atoms with Crippen LogP contribution in [0.3, 0.4) is 0 Å². The molecule has 1 aromatic rings. The Kier molecular flexibility index (Phi) is 7.47. The van der Waals surface area contributed by atoms with E-state index in [2.05, 4.69) is 10.0 Å². The van der Waals surface area contributed by atoms with E-state index >= 15 is 0 Å². The van der Waals surface area contributed by atoms with Crippen molar-refractivity contribution in [3.8, 4) is 0 Å². The average molecular weight is 362 g/mol. The van der Waals surface area contributed by atoms with Gasteiger partial charge in [0.2, 0.25) is 15.9 Å². The fraction of sp³-hybridized carbons (Fsp3) is 0.533. The quantitative estimate of drug-likeness (QED) is 0.641. The molecule has 0 spiro atoms. The van der Waals surface area contributed by atoms with E-state index < -0.39 is 10.0 Å². The van der Waals surface area contributed by atoms with Crippen molar-refractivity contribution in [1.82, 2.24) is 10.0 Å². The smallest absolute Gasteiger partial charge is 0.240 e. The number of aryl methyl sites for hydroxylation is 1. The number of amides is 1. The van der Waals surface area contributed by atoms with Crippen molar-refractivity contribution in [1.29, 1.82) is 0 Å². The second-order valence-electron chi connectivity index (χ2n) is 5.77. The van der Waals surface area contributed by atoms with E-state index in [4.69, 9.17) is 5.73 Å². The number of rotatable bonds is 8. The zero-order valence-corrected chi connectivity index (χ0v) is 14.8. The molecule has 6 nitrogen and oxygen atoms in total. The molecule has 1 aliphatic carbocycles. The van der Waals surface area contributed by atoms with Crippen LogP contribution in [0.1, 0.15) is 24.8 Å². The number of halogens is 1. The van der Waals surface area contributed by atoms with Crippen LogP contribution < -0.4 is 15.8 Å². The molecule has 0 aliphatic heterocycles. The maximum Gasteiger partial charge on any atom is 0.240 e. The lowest BCUT2D eigenvalue weighted by Gasteiger charge is -2.12. The molecule has 23 heavy (non-hydrogen) atoms. The Morgan fingerprint density at radius 2 is 1.91 bits per heavy atom. The van der Waals surface area contributed by atoms with Gasteiger partial charge >= 0.3 is 0 Å². The second kappa shape index (κ2) is 8.63. The SMILES string of the molecule is Cc1ccc(S(=O)(=O)NCCC(=O)NCC(N)C2CC2)cc1.Cl. The minimum atomic E-state index is -3.56. The lowest BCUT2D eigenvalue weighted by molar-refractivity contribution is -0.121. The zero-order chi connectivity index (χ0) is 16.2. The van der Waals surface area contributed by atoms with Crippen LogP contribution >= 0.6 is 12.4 Å². The molecular weight excluding hydrogens is 338 g/mol. The fourth-order valence-electron chi connectivity index (χ4n) is 2.11. The normalized spacial score (nSPS) is 15.6. The third-order valence-electron chi connectivity index (χ3n) is 3.74. The molecule has 8 heteroatoms. The van der Waals surface area contributed by atoms with E-state index in [0.29, 0.717) is 12.5 Å². The third kappa shape index (κ3) is 6.47. The average Bonchev–Trinajstić information content (AvgIpc) is 3.29. The number of hydrogen-bond donors (Lipinski definition) is 3. The van der Waals surface area contributed by atoms with Gasteiger partial charge in [-0.15, -0.1) is 12.4 Å². The number of benzene rings is 1. The van der Waals surface area contributed by atoms with Crippen LogP contribution in [0.15, 0.2) is 29.2 Å². The number of carbonyl (C=O) groups excluding carboxylic acids is 1. The minimum absolute atomic E-state index is 0. The highest BCUT2D eigenvalue weighted by Gasteiger charge is 2.28. The Balaban J connectivity index is 0.00000264. The molecule has 0 saturated heterocycles. The summed E-state index contributed by atoms with van der Waals surface area (Å²) in [4.78, 5) is 11.9. The van der Waals surface area contributed by atoms with E-state index in [1.54, 1.807) is 24.3 Å². The highest BCUT2D eigenvalue weighted by atomic mass is 35.5. The van der Waals surface area contributed by atoms with Crippen molar-refractivity contribution in [2.24, 2.45) is 11.7 Å². The summed E-state index contributed by atoms with van der Waals surface area (Å²) in [5, 5.41) is 2.74. The lowest BCUT2D eigenvalue weighted by Crippen LogP contribution is -2.39. The highest BCUT2D eigenvalue weighted by Crippen LogP contribution is 2.31. The van der Waals surface area contributed by atoms with E-state index in [1.807, 2.05) is 6.92 Å². The Morgan fingerprint density at radius 3 is 2.48 bits per heavy atom. The van der Waals surface area contributed by atoms with Crippen molar-refractivity contribution in [3.63, 3.8) is 0 Å². The molecule has 2 rings (SSSR count). The van der Waals surface area contributed by atoms with E-state index in [-0.39, 0.29) is 42.2 Å². The van der Waals surface area contributed by atoms with Gasteiger partial charge in [-0.2, -0.15) is 0 Å². The molecule has 0 heterocycles. The van der Waals surface area contributed by atoms with E-state index in [0.717, 1.165) is 18.4 Å². The van der Waals surface area contributed by atoms with Crippen LogP contribution in [0, 0.1) is 12.8 Å². The molecule has 0 aromatic heterocycles. The molecule has 0 radical (unpaired) electrons. The Morgan fingerprint density at radius 1 is 1.30 bits per heavy atom. The van der Waals surface area contributed by atoms with Crippen molar-refractivity contribution >= 4 is 28.3 Å². The first-order valence-corrected chi connectivity index (χ1v) is 8.95. The van der Waals surface area contributed by atoms with Crippen LogP contribution in [0.4, 0.5) is 0 Å². The second-order valence-corrected chi connectivity index (χ2v) is 7.53. The number of sulfonamides is 1. The topological polar surface area (TPSA) is 101 Å². The summed E-state index contributed by atoms with van der Waals surface area (Å²) in [6, 6.07) is 6.58. The van der Waals surface area contributed by atoms with Gasteiger partial charge in [-0.25, -0.2) is 13.1 Å². The van der Waals surface area contributed by atoms with Gasteiger partial charge < -0.3 is 11.1 Å². The van der Waals surface area contributed by atoms with Crippen LogP contribution in [0.2, 0.25) is 0 Å². The lowest BCUT2D eigenvalue weighted by atomic mass is 10.2. The monoisotopic (exact) mass is 361 g/mol. The largest absolute Gasteiger partial charge is 0.354 e. The Labute approximate surface area is 143 Å². The molecule has 0 bridgehead atoms. The zero-order valence-electron chi connectivity index (χ0n) is 13.1. The summed E-state index contributed by atoms with van der Waals surface area (Å²) in [6.45, 7) is 2.41. The van der Waals surface area contributed by atoms with E-state index in [1.165, 1.54) is 0 Å².